The predicted octanol–water partition coefficient (Wildman–Crippen LogP) is 3.09. The van der Waals surface area contributed by atoms with Crippen LogP contribution in [0.2, 0.25) is 0 Å². The molecule has 1 heterocycles. The summed E-state index contributed by atoms with van der Waals surface area (Å²) in [5, 5.41) is 5.91. The van der Waals surface area contributed by atoms with Gasteiger partial charge < -0.3 is 25.8 Å². The zero-order valence-corrected chi connectivity index (χ0v) is 17.4. The van der Waals surface area contributed by atoms with Gasteiger partial charge in [-0.25, -0.2) is 0 Å². The van der Waals surface area contributed by atoms with Gasteiger partial charge >= 0.3 is 0 Å². The Balaban J connectivity index is 1.57. The molecule has 0 fully saturated rings. The number of ether oxygens (including phenoxy) is 2. The van der Waals surface area contributed by atoms with Crippen molar-refractivity contribution in [1.29, 1.82) is 0 Å². The highest BCUT2D eigenvalue weighted by Gasteiger charge is 2.10. The molecule has 0 aliphatic heterocycles. The number of anilines is 4. The quantitative estimate of drug-likeness (QED) is 0.473. The molecule has 0 spiro atoms. The van der Waals surface area contributed by atoms with Gasteiger partial charge in [-0.1, -0.05) is 18.2 Å². The van der Waals surface area contributed by atoms with Crippen LogP contribution in [0.1, 0.15) is 5.82 Å². The number of aromatic nitrogens is 3. The topological polar surface area (TPSA) is 124 Å². The molecule has 2 aromatic carbocycles. The smallest absolute Gasteiger partial charge is 0.234 e. The zero-order chi connectivity index (χ0) is 21.3. The number of nitrogens with two attached hydrogens (primary N) is 1. The molecular weight excluding hydrogens is 404 g/mol. The largest absolute Gasteiger partial charge is 0.497 e. The first-order valence-electron chi connectivity index (χ1n) is 8.99. The van der Waals surface area contributed by atoms with Crippen LogP contribution in [0.4, 0.5) is 23.3 Å². The van der Waals surface area contributed by atoms with Crippen molar-refractivity contribution in [2.75, 3.05) is 36.3 Å². The fourth-order valence-corrected chi connectivity index (χ4v) is 3.23. The van der Waals surface area contributed by atoms with Crippen LogP contribution in [0.25, 0.3) is 0 Å². The van der Waals surface area contributed by atoms with Gasteiger partial charge in [-0.15, -0.1) is 11.8 Å². The number of rotatable bonds is 9. The summed E-state index contributed by atoms with van der Waals surface area (Å²) in [5.74, 6) is 2.71. The van der Waals surface area contributed by atoms with Crippen molar-refractivity contribution in [3.8, 4) is 11.5 Å². The molecule has 1 aromatic heterocycles. The van der Waals surface area contributed by atoms with Crippen molar-refractivity contribution in [3.63, 3.8) is 0 Å². The standard InChI is InChI=1S/C20H22N6O3S/c1-28-14-7-5-6-13(10-14)22-18(27)12-30-11-17-24-19(21)26-20(25-17)23-15-8-3-4-9-16(15)29-2/h3-10H,11-12H2,1-2H3,(H,22,27)(H3,21,23,24,25,26). The van der Waals surface area contributed by atoms with E-state index in [4.69, 9.17) is 15.2 Å². The molecule has 4 N–H and O–H groups in total. The van der Waals surface area contributed by atoms with E-state index in [2.05, 4.69) is 25.6 Å². The highest BCUT2D eigenvalue weighted by molar-refractivity contribution is 7.99. The second-order valence-electron chi connectivity index (χ2n) is 6.03. The molecule has 0 bridgehead atoms. The first kappa shape index (κ1) is 21.2. The third kappa shape index (κ3) is 5.98. The van der Waals surface area contributed by atoms with Crippen molar-refractivity contribution in [1.82, 2.24) is 15.0 Å². The van der Waals surface area contributed by atoms with Gasteiger partial charge in [0.2, 0.25) is 17.8 Å². The Labute approximate surface area is 178 Å². The number of amides is 1. The number of carbonyl (C=O) groups is 1. The molecule has 3 rings (SSSR count). The number of thioether (sulfide) groups is 1. The number of nitrogens with one attached hydrogen (secondary N) is 2. The van der Waals surface area contributed by atoms with Gasteiger partial charge in [0.25, 0.3) is 0 Å². The third-order valence-electron chi connectivity index (χ3n) is 3.87. The van der Waals surface area contributed by atoms with E-state index in [0.29, 0.717) is 40.4 Å². The average Bonchev–Trinajstić information content (AvgIpc) is 2.74. The minimum absolute atomic E-state index is 0.0961. The van der Waals surface area contributed by atoms with E-state index < -0.39 is 0 Å². The Morgan fingerprint density at radius 1 is 1.07 bits per heavy atom. The highest BCUT2D eigenvalue weighted by atomic mass is 32.2. The Morgan fingerprint density at radius 3 is 2.70 bits per heavy atom. The number of benzene rings is 2. The van der Waals surface area contributed by atoms with Crippen LogP contribution in [0.15, 0.2) is 48.5 Å². The van der Waals surface area contributed by atoms with Crippen molar-refractivity contribution in [2.24, 2.45) is 0 Å². The first-order chi connectivity index (χ1) is 14.6. The summed E-state index contributed by atoms with van der Waals surface area (Å²) in [6.45, 7) is 0. The first-order valence-corrected chi connectivity index (χ1v) is 10.1. The maximum atomic E-state index is 12.2. The Morgan fingerprint density at radius 2 is 1.90 bits per heavy atom. The van der Waals surface area contributed by atoms with Gasteiger partial charge in [0.05, 0.1) is 31.4 Å². The molecule has 0 aliphatic rings. The maximum Gasteiger partial charge on any atom is 0.234 e. The number of carbonyl (C=O) groups excluding carboxylic acids is 1. The molecule has 156 valence electrons. The second kappa shape index (κ2) is 10.3. The molecule has 0 saturated heterocycles. The van der Waals surface area contributed by atoms with E-state index in [1.807, 2.05) is 36.4 Å². The van der Waals surface area contributed by atoms with Crippen molar-refractivity contribution < 1.29 is 14.3 Å². The molecule has 0 atom stereocenters. The normalized spacial score (nSPS) is 10.3. The summed E-state index contributed by atoms with van der Waals surface area (Å²) in [5.41, 5.74) is 7.19. The summed E-state index contributed by atoms with van der Waals surface area (Å²) >= 11 is 1.37. The Bertz CT molecular complexity index is 1020. The van der Waals surface area contributed by atoms with Crippen molar-refractivity contribution in [2.45, 2.75) is 5.75 Å². The SMILES string of the molecule is COc1cccc(NC(=O)CSCc2nc(N)nc(Nc3ccccc3OC)n2)c1. The van der Waals surface area contributed by atoms with Gasteiger partial charge in [-0.2, -0.15) is 15.0 Å². The molecule has 0 unspecified atom stereocenters. The lowest BCUT2D eigenvalue weighted by atomic mass is 10.3. The number of para-hydroxylation sites is 2. The lowest BCUT2D eigenvalue weighted by Gasteiger charge is -2.10. The molecular formula is C20H22N6O3S. The van der Waals surface area contributed by atoms with Crippen LogP contribution in [-0.2, 0) is 10.5 Å². The number of hydrogen-bond donors (Lipinski definition) is 3. The fourth-order valence-electron chi connectivity index (χ4n) is 2.56. The molecule has 3 aromatic rings. The molecule has 0 aliphatic carbocycles. The molecule has 30 heavy (non-hydrogen) atoms. The predicted molar refractivity (Wildman–Crippen MR) is 118 cm³/mol. The van der Waals surface area contributed by atoms with Gasteiger partial charge in [-0.05, 0) is 24.3 Å². The zero-order valence-electron chi connectivity index (χ0n) is 16.6. The van der Waals surface area contributed by atoms with Crippen LogP contribution in [0, 0.1) is 0 Å². The number of hydrogen-bond acceptors (Lipinski definition) is 9. The molecule has 1 amide bonds. The van der Waals surface area contributed by atoms with E-state index in [9.17, 15) is 4.79 Å². The maximum absolute atomic E-state index is 12.2. The Kier molecular flexibility index (Phi) is 7.28. The Hall–Kier alpha value is -3.53. The van der Waals surface area contributed by atoms with E-state index in [1.165, 1.54) is 11.8 Å². The molecule has 9 nitrogen and oxygen atoms in total. The molecule has 0 radical (unpaired) electrons. The van der Waals surface area contributed by atoms with Gasteiger partial charge in [0.15, 0.2) is 0 Å². The van der Waals surface area contributed by atoms with Crippen LogP contribution < -0.4 is 25.8 Å². The van der Waals surface area contributed by atoms with Crippen molar-refractivity contribution >= 4 is 40.9 Å². The van der Waals surface area contributed by atoms with Crippen LogP contribution in [0.3, 0.4) is 0 Å². The van der Waals surface area contributed by atoms with Gasteiger partial charge in [0, 0.05) is 11.8 Å². The van der Waals surface area contributed by atoms with E-state index in [0.717, 1.165) is 0 Å². The fraction of sp³-hybridized carbons (Fsp3) is 0.200. The number of nitrogen functional groups attached to an aromatic ring is 1. The number of nitrogens with zero attached hydrogens (tertiary/aromatic N) is 3. The molecule has 0 saturated carbocycles. The van der Waals surface area contributed by atoms with Gasteiger partial charge in [0.1, 0.15) is 17.3 Å². The summed E-state index contributed by atoms with van der Waals surface area (Å²) in [6, 6.07) is 14.6. The molecule has 10 heteroatoms. The van der Waals surface area contributed by atoms with Crippen LogP contribution >= 0.6 is 11.8 Å². The van der Waals surface area contributed by atoms with E-state index in [-0.39, 0.29) is 17.6 Å². The lowest BCUT2D eigenvalue weighted by molar-refractivity contribution is -0.113. The minimum atomic E-state index is -0.136. The third-order valence-corrected chi connectivity index (χ3v) is 4.80. The monoisotopic (exact) mass is 426 g/mol. The highest BCUT2D eigenvalue weighted by Crippen LogP contribution is 2.26. The van der Waals surface area contributed by atoms with E-state index in [1.54, 1.807) is 26.4 Å². The van der Waals surface area contributed by atoms with Gasteiger partial charge in [-0.3, -0.25) is 4.79 Å². The summed E-state index contributed by atoms with van der Waals surface area (Å²) in [7, 11) is 3.16. The van der Waals surface area contributed by atoms with Crippen molar-refractivity contribution in [3.05, 3.63) is 54.4 Å². The lowest BCUT2D eigenvalue weighted by Crippen LogP contribution is -2.14. The van der Waals surface area contributed by atoms with Crippen LogP contribution in [-0.4, -0.2) is 40.8 Å². The number of methoxy groups -OCH3 is 2. The summed E-state index contributed by atoms with van der Waals surface area (Å²) < 4.78 is 10.5. The average molecular weight is 427 g/mol. The minimum Gasteiger partial charge on any atom is -0.497 e. The summed E-state index contributed by atoms with van der Waals surface area (Å²) in [4.78, 5) is 24.8. The van der Waals surface area contributed by atoms with E-state index >= 15 is 0 Å². The second-order valence-corrected chi connectivity index (χ2v) is 7.02. The summed E-state index contributed by atoms with van der Waals surface area (Å²) in [6.07, 6.45) is 0. The van der Waals surface area contributed by atoms with Crippen LogP contribution in [0.5, 0.6) is 11.5 Å².